The zero-order valence-electron chi connectivity index (χ0n) is 12.4. The van der Waals surface area contributed by atoms with Crippen molar-refractivity contribution < 1.29 is 9.53 Å². The molecule has 7 heteroatoms. The number of amides is 1. The Labute approximate surface area is 142 Å². The SMILES string of the molecule is COCC(N)C(=O)Nc1ncc(Cc2ccc(Br)c(C)c2)s1. The second-order valence-corrected chi connectivity index (χ2v) is 6.91. The van der Waals surface area contributed by atoms with Gasteiger partial charge in [0.2, 0.25) is 5.91 Å². The van der Waals surface area contributed by atoms with Gasteiger partial charge in [-0.2, -0.15) is 0 Å². The molecule has 0 saturated heterocycles. The van der Waals surface area contributed by atoms with Crippen molar-refractivity contribution in [3.8, 4) is 0 Å². The summed E-state index contributed by atoms with van der Waals surface area (Å²) < 4.78 is 5.96. The predicted octanol–water partition coefficient (Wildman–Crippen LogP) is 2.72. The molecular formula is C15H18BrN3O2S. The Morgan fingerprint density at radius 1 is 1.55 bits per heavy atom. The minimum absolute atomic E-state index is 0.183. The Morgan fingerprint density at radius 3 is 3.00 bits per heavy atom. The van der Waals surface area contributed by atoms with Crippen molar-refractivity contribution in [3.63, 3.8) is 0 Å². The number of rotatable bonds is 6. The molecule has 1 aromatic heterocycles. The summed E-state index contributed by atoms with van der Waals surface area (Å²) in [5.41, 5.74) is 8.07. The van der Waals surface area contributed by atoms with E-state index >= 15 is 0 Å². The molecule has 0 spiro atoms. The van der Waals surface area contributed by atoms with Gasteiger partial charge < -0.3 is 15.8 Å². The van der Waals surface area contributed by atoms with Crippen LogP contribution >= 0.6 is 27.3 Å². The highest BCUT2D eigenvalue weighted by atomic mass is 79.9. The van der Waals surface area contributed by atoms with Gasteiger partial charge in [-0.05, 0) is 24.1 Å². The average molecular weight is 384 g/mol. The monoisotopic (exact) mass is 383 g/mol. The van der Waals surface area contributed by atoms with Crippen LogP contribution in [0.15, 0.2) is 28.9 Å². The van der Waals surface area contributed by atoms with Gasteiger partial charge in [0.1, 0.15) is 6.04 Å². The third-order valence-electron chi connectivity index (χ3n) is 3.07. The summed E-state index contributed by atoms with van der Waals surface area (Å²) in [7, 11) is 1.51. The topological polar surface area (TPSA) is 77.2 Å². The Bertz CT molecular complexity index is 660. The van der Waals surface area contributed by atoms with Crippen LogP contribution in [-0.2, 0) is 16.0 Å². The van der Waals surface area contributed by atoms with Crippen LogP contribution in [0.5, 0.6) is 0 Å². The maximum atomic E-state index is 11.8. The molecule has 2 rings (SSSR count). The summed E-state index contributed by atoms with van der Waals surface area (Å²) in [6.07, 6.45) is 2.56. The average Bonchev–Trinajstić information content (AvgIpc) is 2.90. The van der Waals surface area contributed by atoms with Crippen molar-refractivity contribution in [1.29, 1.82) is 0 Å². The maximum absolute atomic E-state index is 11.8. The molecule has 22 heavy (non-hydrogen) atoms. The molecule has 0 fully saturated rings. The Morgan fingerprint density at radius 2 is 2.32 bits per heavy atom. The number of aromatic nitrogens is 1. The van der Waals surface area contributed by atoms with E-state index in [1.807, 2.05) is 6.07 Å². The summed E-state index contributed by atoms with van der Waals surface area (Å²) >= 11 is 4.94. The lowest BCUT2D eigenvalue weighted by Crippen LogP contribution is -2.39. The molecule has 118 valence electrons. The van der Waals surface area contributed by atoms with Crippen molar-refractivity contribution in [2.75, 3.05) is 19.0 Å². The number of nitrogens with one attached hydrogen (secondary N) is 1. The molecule has 3 N–H and O–H groups in total. The van der Waals surface area contributed by atoms with E-state index in [-0.39, 0.29) is 12.5 Å². The molecule has 1 atom stereocenters. The molecule has 0 aliphatic heterocycles. The molecule has 0 bridgehead atoms. The number of thiazole rings is 1. The van der Waals surface area contributed by atoms with Gasteiger partial charge in [-0.3, -0.25) is 4.79 Å². The Hall–Kier alpha value is -1.28. The lowest BCUT2D eigenvalue weighted by atomic mass is 10.1. The van der Waals surface area contributed by atoms with E-state index in [4.69, 9.17) is 10.5 Å². The normalized spacial score (nSPS) is 12.2. The van der Waals surface area contributed by atoms with E-state index in [2.05, 4.69) is 45.3 Å². The number of carbonyl (C=O) groups is 1. The summed E-state index contributed by atoms with van der Waals surface area (Å²) in [6, 6.07) is 5.56. The van der Waals surface area contributed by atoms with Crippen LogP contribution in [0, 0.1) is 6.92 Å². The van der Waals surface area contributed by atoms with Crippen molar-refractivity contribution in [2.24, 2.45) is 5.73 Å². The zero-order chi connectivity index (χ0) is 16.1. The van der Waals surface area contributed by atoms with Crippen molar-refractivity contribution >= 4 is 38.3 Å². The summed E-state index contributed by atoms with van der Waals surface area (Å²) in [5, 5.41) is 3.27. The second-order valence-electron chi connectivity index (χ2n) is 4.94. The van der Waals surface area contributed by atoms with Crippen molar-refractivity contribution in [3.05, 3.63) is 44.9 Å². The molecule has 1 heterocycles. The first-order chi connectivity index (χ1) is 10.5. The van der Waals surface area contributed by atoms with Crippen LogP contribution in [-0.4, -0.2) is 30.6 Å². The van der Waals surface area contributed by atoms with Crippen LogP contribution in [0.25, 0.3) is 0 Å². The van der Waals surface area contributed by atoms with Crippen LogP contribution in [0.1, 0.15) is 16.0 Å². The van der Waals surface area contributed by atoms with Crippen molar-refractivity contribution in [1.82, 2.24) is 4.98 Å². The van der Waals surface area contributed by atoms with E-state index in [1.54, 1.807) is 6.20 Å². The number of benzene rings is 1. The number of anilines is 1. The zero-order valence-corrected chi connectivity index (χ0v) is 14.8. The number of methoxy groups -OCH3 is 1. The van der Waals surface area contributed by atoms with Crippen LogP contribution in [0.4, 0.5) is 5.13 Å². The third-order valence-corrected chi connectivity index (χ3v) is 4.87. The van der Waals surface area contributed by atoms with Gasteiger partial charge in [0.15, 0.2) is 5.13 Å². The van der Waals surface area contributed by atoms with Gasteiger partial charge in [0.25, 0.3) is 0 Å². The lowest BCUT2D eigenvalue weighted by molar-refractivity contribution is -0.118. The first-order valence-corrected chi connectivity index (χ1v) is 8.35. The van der Waals surface area contributed by atoms with E-state index in [1.165, 1.54) is 29.6 Å². The highest BCUT2D eigenvalue weighted by molar-refractivity contribution is 9.10. The van der Waals surface area contributed by atoms with Crippen LogP contribution in [0.2, 0.25) is 0 Å². The van der Waals surface area contributed by atoms with E-state index in [0.717, 1.165) is 15.8 Å². The number of halogens is 1. The van der Waals surface area contributed by atoms with Gasteiger partial charge in [0, 0.05) is 29.1 Å². The molecule has 1 aromatic carbocycles. The van der Waals surface area contributed by atoms with Crippen molar-refractivity contribution in [2.45, 2.75) is 19.4 Å². The molecule has 0 aliphatic rings. The molecular weight excluding hydrogens is 366 g/mol. The summed E-state index contributed by atoms with van der Waals surface area (Å²) in [6.45, 7) is 2.24. The third kappa shape index (κ3) is 4.61. The quantitative estimate of drug-likeness (QED) is 0.803. The lowest BCUT2D eigenvalue weighted by Gasteiger charge is -2.08. The minimum atomic E-state index is -0.688. The molecule has 2 aromatic rings. The molecule has 1 amide bonds. The number of carbonyl (C=O) groups excluding carboxylic acids is 1. The van der Waals surface area contributed by atoms with E-state index < -0.39 is 6.04 Å². The molecule has 5 nitrogen and oxygen atoms in total. The fourth-order valence-electron chi connectivity index (χ4n) is 1.92. The highest BCUT2D eigenvalue weighted by Crippen LogP contribution is 2.23. The summed E-state index contributed by atoms with van der Waals surface area (Å²) in [4.78, 5) is 17.1. The summed E-state index contributed by atoms with van der Waals surface area (Å²) in [5.74, 6) is -0.290. The van der Waals surface area contributed by atoms with Gasteiger partial charge in [-0.1, -0.05) is 28.1 Å². The fraction of sp³-hybridized carbons (Fsp3) is 0.333. The minimum Gasteiger partial charge on any atom is -0.383 e. The van der Waals surface area contributed by atoms with Gasteiger partial charge in [0.05, 0.1) is 6.61 Å². The van der Waals surface area contributed by atoms with Crippen LogP contribution in [0.3, 0.4) is 0 Å². The highest BCUT2D eigenvalue weighted by Gasteiger charge is 2.15. The number of hydrogen-bond acceptors (Lipinski definition) is 5. The number of ether oxygens (including phenoxy) is 1. The Balaban J connectivity index is 1.99. The first-order valence-electron chi connectivity index (χ1n) is 6.74. The number of nitrogens with two attached hydrogens (primary N) is 1. The first kappa shape index (κ1) is 17.1. The largest absolute Gasteiger partial charge is 0.383 e. The maximum Gasteiger partial charge on any atom is 0.245 e. The smallest absolute Gasteiger partial charge is 0.245 e. The molecule has 0 aliphatic carbocycles. The van der Waals surface area contributed by atoms with Gasteiger partial charge in [-0.15, -0.1) is 11.3 Å². The van der Waals surface area contributed by atoms with E-state index in [0.29, 0.717) is 5.13 Å². The second kappa shape index (κ2) is 7.82. The van der Waals surface area contributed by atoms with Gasteiger partial charge in [-0.25, -0.2) is 4.98 Å². The molecule has 1 unspecified atom stereocenters. The van der Waals surface area contributed by atoms with Crippen LogP contribution < -0.4 is 11.1 Å². The number of aryl methyl sites for hydroxylation is 1. The molecule has 0 saturated carbocycles. The predicted molar refractivity (Wildman–Crippen MR) is 92.3 cm³/mol. The van der Waals surface area contributed by atoms with Gasteiger partial charge >= 0.3 is 0 Å². The standard InChI is InChI=1S/C15H18BrN3O2S/c1-9-5-10(3-4-12(9)16)6-11-7-18-15(22-11)19-14(20)13(17)8-21-2/h3-5,7,13H,6,8,17H2,1-2H3,(H,18,19,20). The fourth-order valence-corrected chi connectivity index (χ4v) is 3.01. The van der Waals surface area contributed by atoms with E-state index in [9.17, 15) is 4.79 Å². The number of hydrogen-bond donors (Lipinski definition) is 2. The number of nitrogens with zero attached hydrogens (tertiary/aromatic N) is 1. The Kier molecular flexibility index (Phi) is 6.07. The molecule has 0 radical (unpaired) electrons.